The maximum Gasteiger partial charge on any atom is 0.225 e. The van der Waals surface area contributed by atoms with E-state index in [1.54, 1.807) is 23.5 Å². The second-order valence-electron chi connectivity index (χ2n) is 6.19. The van der Waals surface area contributed by atoms with Gasteiger partial charge in [-0.05, 0) is 55.5 Å². The molecule has 3 aromatic rings. The molecule has 1 saturated heterocycles. The van der Waals surface area contributed by atoms with Gasteiger partial charge in [0.1, 0.15) is 16.5 Å². The Kier molecular flexibility index (Phi) is 4.14. The van der Waals surface area contributed by atoms with E-state index in [4.69, 9.17) is 11.6 Å². The van der Waals surface area contributed by atoms with Gasteiger partial charge < -0.3 is 4.90 Å². The first-order valence-electron chi connectivity index (χ1n) is 8.11. The molecule has 1 unspecified atom stereocenters. The van der Waals surface area contributed by atoms with Crippen LogP contribution in [-0.2, 0) is 0 Å². The molecule has 3 nitrogen and oxygen atoms in total. The zero-order chi connectivity index (χ0) is 16.7. The van der Waals surface area contributed by atoms with E-state index >= 15 is 0 Å². The smallest absolute Gasteiger partial charge is 0.225 e. The maximum atomic E-state index is 13.3. The van der Waals surface area contributed by atoms with Crippen LogP contribution in [0.25, 0.3) is 21.3 Å². The molecule has 124 valence electrons. The molecule has 1 aliphatic rings. The lowest BCUT2D eigenvalue weighted by atomic mass is 10.0. The molecular weight excluding hydrogens is 345 g/mol. The predicted molar refractivity (Wildman–Crippen MR) is 98.5 cm³/mol. The van der Waals surface area contributed by atoms with Gasteiger partial charge in [-0.1, -0.05) is 12.1 Å². The normalized spacial score (nSPS) is 18.3. The van der Waals surface area contributed by atoms with Crippen molar-refractivity contribution in [1.29, 1.82) is 0 Å². The number of aromatic nitrogens is 2. The van der Waals surface area contributed by atoms with Gasteiger partial charge in [0.05, 0.1) is 5.39 Å². The topological polar surface area (TPSA) is 29.0 Å². The summed E-state index contributed by atoms with van der Waals surface area (Å²) in [5.41, 5.74) is 2.01. The van der Waals surface area contributed by atoms with E-state index in [2.05, 4.69) is 27.2 Å². The van der Waals surface area contributed by atoms with E-state index in [-0.39, 0.29) is 11.1 Å². The van der Waals surface area contributed by atoms with Crippen molar-refractivity contribution in [3.8, 4) is 11.1 Å². The number of rotatable bonds is 2. The van der Waals surface area contributed by atoms with Crippen molar-refractivity contribution in [3.05, 3.63) is 40.7 Å². The molecule has 24 heavy (non-hydrogen) atoms. The number of thiophene rings is 1. The van der Waals surface area contributed by atoms with E-state index in [1.165, 1.54) is 18.6 Å². The van der Waals surface area contributed by atoms with Crippen LogP contribution < -0.4 is 4.90 Å². The van der Waals surface area contributed by atoms with Crippen LogP contribution in [0.2, 0.25) is 5.28 Å². The number of hydrogen-bond donors (Lipinski definition) is 0. The minimum Gasteiger partial charge on any atom is -0.353 e. The van der Waals surface area contributed by atoms with Crippen LogP contribution in [0.1, 0.15) is 26.2 Å². The number of benzene rings is 1. The summed E-state index contributed by atoms with van der Waals surface area (Å²) in [6.07, 6.45) is 3.55. The molecule has 0 radical (unpaired) electrons. The second kappa shape index (κ2) is 6.30. The van der Waals surface area contributed by atoms with E-state index in [0.29, 0.717) is 6.04 Å². The Morgan fingerprint density at radius 3 is 2.75 bits per heavy atom. The molecule has 1 atom stereocenters. The van der Waals surface area contributed by atoms with Gasteiger partial charge in [-0.25, -0.2) is 9.37 Å². The van der Waals surface area contributed by atoms with Gasteiger partial charge in [0.15, 0.2) is 0 Å². The molecule has 3 heterocycles. The zero-order valence-electron chi connectivity index (χ0n) is 13.3. The Balaban J connectivity index is 1.92. The van der Waals surface area contributed by atoms with Gasteiger partial charge in [-0.2, -0.15) is 4.98 Å². The fourth-order valence-electron chi connectivity index (χ4n) is 3.36. The van der Waals surface area contributed by atoms with E-state index in [1.807, 2.05) is 0 Å². The molecule has 1 aromatic carbocycles. The van der Waals surface area contributed by atoms with E-state index < -0.39 is 0 Å². The standard InChI is InChI=1S/C18H17ClFN3S/c1-11-4-2-3-9-23(11)16-15-14(12-5-7-13(20)8-6-12)10-24-17(15)22-18(19)21-16/h5-8,10-11H,2-4,9H2,1H3. The maximum absolute atomic E-state index is 13.3. The molecule has 2 aromatic heterocycles. The summed E-state index contributed by atoms with van der Waals surface area (Å²) in [5.74, 6) is 0.667. The number of nitrogens with zero attached hydrogens (tertiary/aromatic N) is 3. The van der Waals surface area contributed by atoms with Crippen LogP contribution in [0.4, 0.5) is 10.2 Å². The minimum atomic E-state index is -0.234. The largest absolute Gasteiger partial charge is 0.353 e. The Morgan fingerprint density at radius 2 is 2.00 bits per heavy atom. The van der Waals surface area contributed by atoms with Crippen LogP contribution >= 0.6 is 22.9 Å². The highest BCUT2D eigenvalue weighted by Gasteiger charge is 2.25. The molecule has 6 heteroatoms. The number of halogens is 2. The quantitative estimate of drug-likeness (QED) is 0.562. The van der Waals surface area contributed by atoms with Crippen molar-refractivity contribution < 1.29 is 4.39 Å². The summed E-state index contributed by atoms with van der Waals surface area (Å²) in [4.78, 5) is 12.2. The van der Waals surface area contributed by atoms with Gasteiger partial charge in [0.2, 0.25) is 5.28 Å². The third-order valence-corrected chi connectivity index (χ3v) is 5.66. The molecule has 0 saturated carbocycles. The van der Waals surface area contributed by atoms with Crippen molar-refractivity contribution >= 4 is 39.0 Å². The molecule has 0 spiro atoms. The SMILES string of the molecule is CC1CCCCN1c1nc(Cl)nc2scc(-c3ccc(F)cc3)c12. The molecule has 0 amide bonds. The van der Waals surface area contributed by atoms with E-state index in [0.717, 1.165) is 46.5 Å². The average molecular weight is 362 g/mol. The van der Waals surface area contributed by atoms with Gasteiger partial charge in [0.25, 0.3) is 0 Å². The third kappa shape index (κ3) is 2.76. The number of hydrogen-bond acceptors (Lipinski definition) is 4. The predicted octanol–water partition coefficient (Wildman–Crippen LogP) is 5.53. The lowest BCUT2D eigenvalue weighted by Crippen LogP contribution is -2.38. The van der Waals surface area contributed by atoms with Gasteiger partial charge in [-0.15, -0.1) is 11.3 Å². The highest BCUT2D eigenvalue weighted by molar-refractivity contribution is 7.17. The Hall–Kier alpha value is -1.72. The fraction of sp³-hybridized carbons (Fsp3) is 0.333. The zero-order valence-corrected chi connectivity index (χ0v) is 14.9. The lowest BCUT2D eigenvalue weighted by molar-refractivity contribution is 0.482. The van der Waals surface area contributed by atoms with Crippen molar-refractivity contribution in [2.45, 2.75) is 32.2 Å². The van der Waals surface area contributed by atoms with Crippen LogP contribution in [0.15, 0.2) is 29.6 Å². The number of anilines is 1. The summed E-state index contributed by atoms with van der Waals surface area (Å²) < 4.78 is 13.3. The van der Waals surface area contributed by atoms with Crippen LogP contribution in [-0.4, -0.2) is 22.6 Å². The molecular formula is C18H17ClFN3S. The third-order valence-electron chi connectivity index (χ3n) is 4.62. The highest BCUT2D eigenvalue weighted by atomic mass is 35.5. The molecule has 1 aliphatic heterocycles. The van der Waals surface area contributed by atoms with Gasteiger partial charge in [-0.3, -0.25) is 0 Å². The Morgan fingerprint density at radius 1 is 1.21 bits per heavy atom. The van der Waals surface area contributed by atoms with Crippen molar-refractivity contribution in [3.63, 3.8) is 0 Å². The average Bonchev–Trinajstić information content (AvgIpc) is 2.99. The van der Waals surface area contributed by atoms with Crippen molar-refractivity contribution in [2.24, 2.45) is 0 Å². The molecule has 4 rings (SSSR count). The second-order valence-corrected chi connectivity index (χ2v) is 7.39. The van der Waals surface area contributed by atoms with Gasteiger partial charge >= 0.3 is 0 Å². The number of piperidine rings is 1. The van der Waals surface area contributed by atoms with Gasteiger partial charge in [0, 0.05) is 23.5 Å². The van der Waals surface area contributed by atoms with Crippen molar-refractivity contribution in [2.75, 3.05) is 11.4 Å². The first-order valence-corrected chi connectivity index (χ1v) is 9.36. The molecule has 1 fully saturated rings. The van der Waals surface area contributed by atoms with Crippen LogP contribution in [0.3, 0.4) is 0 Å². The molecule has 0 bridgehead atoms. The first-order chi connectivity index (χ1) is 11.6. The van der Waals surface area contributed by atoms with Crippen LogP contribution in [0, 0.1) is 5.82 Å². The van der Waals surface area contributed by atoms with Crippen LogP contribution in [0.5, 0.6) is 0 Å². The minimum absolute atomic E-state index is 0.234. The molecule has 0 N–H and O–H groups in total. The summed E-state index contributed by atoms with van der Waals surface area (Å²) in [6, 6.07) is 7.00. The summed E-state index contributed by atoms with van der Waals surface area (Å²) >= 11 is 7.73. The fourth-order valence-corrected chi connectivity index (χ4v) is 4.52. The summed E-state index contributed by atoms with van der Waals surface area (Å²) in [6.45, 7) is 3.20. The summed E-state index contributed by atoms with van der Waals surface area (Å²) in [5, 5.41) is 3.36. The summed E-state index contributed by atoms with van der Waals surface area (Å²) in [7, 11) is 0. The Labute approximate surface area is 149 Å². The number of fused-ring (bicyclic) bond motifs is 1. The first kappa shape index (κ1) is 15.8. The van der Waals surface area contributed by atoms with Crippen molar-refractivity contribution in [1.82, 2.24) is 9.97 Å². The lowest BCUT2D eigenvalue weighted by Gasteiger charge is -2.35. The Bertz CT molecular complexity index is 878. The highest BCUT2D eigenvalue weighted by Crippen LogP contribution is 2.40. The van der Waals surface area contributed by atoms with E-state index in [9.17, 15) is 4.39 Å². The monoisotopic (exact) mass is 361 g/mol. The molecule has 0 aliphatic carbocycles.